The molecule has 19 heavy (non-hydrogen) atoms. The topological polar surface area (TPSA) is 58.6 Å². The van der Waals surface area contributed by atoms with Crippen molar-refractivity contribution in [3.8, 4) is 0 Å². The molecule has 1 aliphatic heterocycles. The van der Waals surface area contributed by atoms with Crippen molar-refractivity contribution in [2.75, 3.05) is 13.2 Å². The van der Waals surface area contributed by atoms with E-state index in [1.807, 2.05) is 13.8 Å². The second-order valence-electron chi connectivity index (χ2n) is 5.01. The summed E-state index contributed by atoms with van der Waals surface area (Å²) in [5.74, 6) is -0.207. The highest BCUT2D eigenvalue weighted by Crippen LogP contribution is 2.25. The molecule has 0 aromatic heterocycles. The molecule has 2 atom stereocenters. The Morgan fingerprint density at radius 2 is 2.37 bits per heavy atom. The Bertz CT molecular complexity index is 492. The first-order valence-electron chi connectivity index (χ1n) is 6.31. The van der Waals surface area contributed by atoms with Gasteiger partial charge in [0.25, 0.3) is 5.91 Å². The van der Waals surface area contributed by atoms with Crippen LogP contribution in [-0.4, -0.2) is 35.9 Å². The van der Waals surface area contributed by atoms with Crippen LogP contribution in [0.1, 0.15) is 29.3 Å². The summed E-state index contributed by atoms with van der Waals surface area (Å²) in [4.78, 5) is 12.1. The molecular weight excluding hydrogens is 266 g/mol. The van der Waals surface area contributed by atoms with Gasteiger partial charge in [0.1, 0.15) is 5.60 Å². The number of benzene rings is 1. The first-order chi connectivity index (χ1) is 8.92. The fraction of sp³-hybridized carbons (Fsp3) is 0.500. The van der Waals surface area contributed by atoms with Crippen molar-refractivity contribution in [3.63, 3.8) is 0 Å². The highest BCUT2D eigenvalue weighted by Gasteiger charge is 2.39. The Balaban J connectivity index is 2.02. The van der Waals surface area contributed by atoms with Gasteiger partial charge in [-0.25, -0.2) is 0 Å². The molecule has 0 saturated carbocycles. The van der Waals surface area contributed by atoms with Crippen LogP contribution in [0.15, 0.2) is 18.2 Å². The first kappa shape index (κ1) is 14.3. The summed E-state index contributed by atoms with van der Waals surface area (Å²) < 4.78 is 5.33. The molecule has 1 aromatic rings. The van der Waals surface area contributed by atoms with Crippen LogP contribution in [0.3, 0.4) is 0 Å². The fourth-order valence-corrected chi connectivity index (χ4v) is 2.44. The van der Waals surface area contributed by atoms with Crippen molar-refractivity contribution in [1.29, 1.82) is 0 Å². The van der Waals surface area contributed by atoms with E-state index in [1.165, 1.54) is 0 Å². The lowest BCUT2D eigenvalue weighted by Gasteiger charge is -2.26. The lowest BCUT2D eigenvalue weighted by molar-refractivity contribution is -0.0251. The third-order valence-electron chi connectivity index (χ3n) is 3.65. The van der Waals surface area contributed by atoms with Gasteiger partial charge in [-0.15, -0.1) is 0 Å². The van der Waals surface area contributed by atoms with Crippen LogP contribution >= 0.6 is 11.6 Å². The Morgan fingerprint density at radius 1 is 1.63 bits per heavy atom. The number of carbonyl (C=O) groups excluding carboxylic acids is 1. The molecule has 0 radical (unpaired) electrons. The smallest absolute Gasteiger partial charge is 0.251 e. The maximum atomic E-state index is 12.1. The maximum Gasteiger partial charge on any atom is 0.251 e. The summed E-state index contributed by atoms with van der Waals surface area (Å²) >= 11 is 5.86. The van der Waals surface area contributed by atoms with E-state index >= 15 is 0 Å². The number of rotatable bonds is 3. The summed E-state index contributed by atoms with van der Waals surface area (Å²) in [5, 5.41) is 13.7. The Labute approximate surface area is 117 Å². The van der Waals surface area contributed by atoms with Crippen molar-refractivity contribution in [1.82, 2.24) is 5.32 Å². The number of aryl methyl sites for hydroxylation is 1. The molecule has 1 heterocycles. The molecule has 1 amide bonds. The van der Waals surface area contributed by atoms with Crippen LogP contribution < -0.4 is 5.32 Å². The summed E-state index contributed by atoms with van der Waals surface area (Å²) in [6, 6.07) is 5.11. The number of aliphatic hydroxyl groups is 1. The Morgan fingerprint density at radius 3 is 2.95 bits per heavy atom. The van der Waals surface area contributed by atoms with E-state index in [4.69, 9.17) is 16.3 Å². The van der Waals surface area contributed by atoms with E-state index in [2.05, 4.69) is 5.32 Å². The summed E-state index contributed by atoms with van der Waals surface area (Å²) in [5.41, 5.74) is 0.406. The van der Waals surface area contributed by atoms with Crippen LogP contribution in [0.25, 0.3) is 0 Å². The third kappa shape index (κ3) is 3.08. The van der Waals surface area contributed by atoms with E-state index < -0.39 is 5.60 Å². The van der Waals surface area contributed by atoms with Gasteiger partial charge in [0, 0.05) is 30.2 Å². The summed E-state index contributed by atoms with van der Waals surface area (Å²) in [6.07, 6.45) is 0.271. The molecule has 5 heteroatoms. The molecular formula is C14H18ClNO3. The molecule has 2 N–H and O–H groups in total. The third-order valence-corrected chi connectivity index (χ3v) is 3.88. The van der Waals surface area contributed by atoms with Crippen molar-refractivity contribution in [3.05, 3.63) is 34.3 Å². The quantitative estimate of drug-likeness (QED) is 0.891. The number of halogens is 1. The average Bonchev–Trinajstić information content (AvgIpc) is 2.67. The lowest BCUT2D eigenvalue weighted by Crippen LogP contribution is -2.47. The van der Waals surface area contributed by atoms with Crippen LogP contribution in [0.2, 0.25) is 5.02 Å². The molecule has 1 aliphatic rings. The summed E-state index contributed by atoms with van der Waals surface area (Å²) in [7, 11) is 0. The predicted octanol–water partition coefficient (Wildman–Crippen LogP) is 1.92. The van der Waals surface area contributed by atoms with Gasteiger partial charge in [0.15, 0.2) is 0 Å². The summed E-state index contributed by atoms with van der Waals surface area (Å²) in [6.45, 7) is 4.35. The molecule has 2 rings (SSSR count). The zero-order chi connectivity index (χ0) is 14.0. The minimum atomic E-state index is -0.976. The van der Waals surface area contributed by atoms with Crippen LogP contribution in [0, 0.1) is 6.92 Å². The lowest BCUT2D eigenvalue weighted by atomic mass is 9.96. The van der Waals surface area contributed by atoms with Crippen LogP contribution in [0.5, 0.6) is 0 Å². The average molecular weight is 284 g/mol. The number of ether oxygens (including phenoxy) is 1. The van der Waals surface area contributed by atoms with Gasteiger partial charge in [0.05, 0.1) is 6.10 Å². The monoisotopic (exact) mass is 283 g/mol. The molecule has 0 aliphatic carbocycles. The second-order valence-corrected chi connectivity index (χ2v) is 5.44. The van der Waals surface area contributed by atoms with Gasteiger partial charge in [-0.05, 0) is 37.6 Å². The molecule has 104 valence electrons. The van der Waals surface area contributed by atoms with E-state index in [1.54, 1.807) is 18.2 Å². The van der Waals surface area contributed by atoms with Gasteiger partial charge in [-0.2, -0.15) is 0 Å². The molecule has 0 spiro atoms. The zero-order valence-corrected chi connectivity index (χ0v) is 11.8. The molecule has 1 saturated heterocycles. The standard InChI is InChI=1S/C14H18ClNO3/c1-9-7-11(15)3-4-12(9)13(17)16-8-14(18)5-6-19-10(14)2/h3-4,7,10,18H,5-6,8H2,1-2H3,(H,16,17). The van der Waals surface area contributed by atoms with Crippen molar-refractivity contribution in [2.45, 2.75) is 32.0 Å². The maximum absolute atomic E-state index is 12.1. The number of hydrogen-bond donors (Lipinski definition) is 2. The zero-order valence-electron chi connectivity index (χ0n) is 11.1. The highest BCUT2D eigenvalue weighted by molar-refractivity contribution is 6.30. The van der Waals surface area contributed by atoms with E-state index in [0.717, 1.165) is 5.56 Å². The molecule has 4 nitrogen and oxygen atoms in total. The van der Waals surface area contributed by atoms with E-state index in [9.17, 15) is 9.90 Å². The SMILES string of the molecule is Cc1cc(Cl)ccc1C(=O)NCC1(O)CCOC1C. The Hall–Kier alpha value is -1.10. The normalized spacial score (nSPS) is 26.4. The minimum Gasteiger partial charge on any atom is -0.385 e. The van der Waals surface area contributed by atoms with Crippen molar-refractivity contribution in [2.24, 2.45) is 0 Å². The van der Waals surface area contributed by atoms with Gasteiger partial charge >= 0.3 is 0 Å². The first-order valence-corrected chi connectivity index (χ1v) is 6.68. The number of amides is 1. The van der Waals surface area contributed by atoms with E-state index in [0.29, 0.717) is 23.6 Å². The highest BCUT2D eigenvalue weighted by atomic mass is 35.5. The fourth-order valence-electron chi connectivity index (χ4n) is 2.21. The molecule has 1 fully saturated rings. The minimum absolute atomic E-state index is 0.190. The molecule has 1 aromatic carbocycles. The van der Waals surface area contributed by atoms with Gasteiger partial charge < -0.3 is 15.2 Å². The van der Waals surface area contributed by atoms with Crippen molar-refractivity contribution >= 4 is 17.5 Å². The van der Waals surface area contributed by atoms with Crippen LogP contribution in [-0.2, 0) is 4.74 Å². The largest absolute Gasteiger partial charge is 0.385 e. The number of carbonyl (C=O) groups is 1. The van der Waals surface area contributed by atoms with Crippen molar-refractivity contribution < 1.29 is 14.6 Å². The van der Waals surface area contributed by atoms with Gasteiger partial charge in [0.2, 0.25) is 0 Å². The predicted molar refractivity (Wildman–Crippen MR) is 73.5 cm³/mol. The van der Waals surface area contributed by atoms with Gasteiger partial charge in [-0.3, -0.25) is 4.79 Å². The van der Waals surface area contributed by atoms with E-state index in [-0.39, 0.29) is 18.6 Å². The molecule has 0 bridgehead atoms. The molecule has 2 unspecified atom stereocenters. The number of nitrogens with one attached hydrogen (secondary N) is 1. The van der Waals surface area contributed by atoms with Gasteiger partial charge in [-0.1, -0.05) is 11.6 Å². The van der Waals surface area contributed by atoms with Crippen LogP contribution in [0.4, 0.5) is 0 Å². The number of hydrogen-bond acceptors (Lipinski definition) is 3. The second kappa shape index (κ2) is 5.49. The Kier molecular flexibility index (Phi) is 4.13.